The Hall–Kier alpha value is -2.32. The van der Waals surface area contributed by atoms with Crippen LogP contribution in [-0.2, 0) is 14.3 Å². The van der Waals surface area contributed by atoms with Crippen LogP contribution in [-0.4, -0.2) is 41.8 Å². The van der Waals surface area contributed by atoms with E-state index in [-0.39, 0.29) is 24.3 Å². The number of amides is 2. The van der Waals surface area contributed by atoms with E-state index in [0.29, 0.717) is 24.7 Å². The van der Waals surface area contributed by atoms with Gasteiger partial charge in [-0.2, -0.15) is 0 Å². The summed E-state index contributed by atoms with van der Waals surface area (Å²) in [5, 5.41) is 12.0. The van der Waals surface area contributed by atoms with E-state index in [4.69, 9.17) is 4.74 Å². The molecular weight excluding hydrogens is 328 g/mol. The van der Waals surface area contributed by atoms with Gasteiger partial charge in [-0.25, -0.2) is 0 Å². The van der Waals surface area contributed by atoms with E-state index >= 15 is 0 Å². The van der Waals surface area contributed by atoms with Crippen molar-refractivity contribution in [2.75, 3.05) is 30.0 Å². The van der Waals surface area contributed by atoms with Gasteiger partial charge in [-0.15, -0.1) is 10.2 Å². The molecule has 0 radical (unpaired) electrons. The number of aromatic nitrogens is 2. The van der Waals surface area contributed by atoms with Crippen LogP contribution in [0, 0.1) is 0 Å². The van der Waals surface area contributed by atoms with Gasteiger partial charge in [0.05, 0.1) is 0 Å². The van der Waals surface area contributed by atoms with Crippen molar-refractivity contribution in [3.8, 4) is 0 Å². The highest BCUT2D eigenvalue weighted by molar-refractivity contribution is 7.15. The lowest BCUT2D eigenvalue weighted by Crippen LogP contribution is -2.24. The van der Waals surface area contributed by atoms with Crippen LogP contribution in [0.5, 0.6) is 0 Å². The van der Waals surface area contributed by atoms with Crippen LogP contribution in [0.4, 0.5) is 10.8 Å². The van der Waals surface area contributed by atoms with Crippen LogP contribution < -0.4 is 10.2 Å². The lowest BCUT2D eigenvalue weighted by molar-refractivity contribution is -0.120. The number of carbonyl (C=O) groups excluding carboxylic acids is 2. The molecular formula is C16H18N4O3S. The molecule has 2 amide bonds. The number of anilines is 2. The lowest BCUT2D eigenvalue weighted by Gasteiger charge is -2.15. The maximum Gasteiger partial charge on any atom is 0.252 e. The van der Waals surface area contributed by atoms with Crippen molar-refractivity contribution in [1.29, 1.82) is 0 Å². The van der Waals surface area contributed by atoms with Crippen LogP contribution in [0.3, 0.4) is 0 Å². The van der Waals surface area contributed by atoms with Gasteiger partial charge in [0.25, 0.3) is 5.91 Å². The summed E-state index contributed by atoms with van der Waals surface area (Å²) < 4.78 is 5.04. The molecule has 126 valence electrons. The van der Waals surface area contributed by atoms with E-state index in [1.54, 1.807) is 4.90 Å². The molecule has 1 aliphatic rings. The van der Waals surface area contributed by atoms with Gasteiger partial charge in [-0.3, -0.25) is 14.9 Å². The van der Waals surface area contributed by atoms with Gasteiger partial charge in [0, 0.05) is 31.2 Å². The number of hydrogen-bond acceptors (Lipinski definition) is 6. The molecule has 0 aliphatic carbocycles. The summed E-state index contributed by atoms with van der Waals surface area (Å²) in [6.07, 6.45) is 0.399. The number of carbonyl (C=O) groups is 2. The maximum absolute atomic E-state index is 12.3. The monoisotopic (exact) mass is 346 g/mol. The molecule has 0 bridgehead atoms. The number of hydrogen-bond donors (Lipinski definition) is 1. The predicted octanol–water partition coefficient (Wildman–Crippen LogP) is 2.03. The van der Waals surface area contributed by atoms with Crippen molar-refractivity contribution in [3.63, 3.8) is 0 Å². The Labute approximate surface area is 143 Å². The normalized spacial score (nSPS) is 17.3. The van der Waals surface area contributed by atoms with E-state index in [9.17, 15) is 9.59 Å². The van der Waals surface area contributed by atoms with E-state index in [1.807, 2.05) is 37.3 Å². The van der Waals surface area contributed by atoms with E-state index in [2.05, 4.69) is 15.5 Å². The Morgan fingerprint density at radius 3 is 2.92 bits per heavy atom. The molecule has 0 saturated carbocycles. The van der Waals surface area contributed by atoms with Gasteiger partial charge in [0.15, 0.2) is 0 Å². The average Bonchev–Trinajstić information content (AvgIpc) is 3.20. The van der Waals surface area contributed by atoms with Crippen LogP contribution >= 0.6 is 11.3 Å². The van der Waals surface area contributed by atoms with Crippen LogP contribution in [0.2, 0.25) is 0 Å². The molecule has 3 rings (SSSR count). The van der Waals surface area contributed by atoms with Gasteiger partial charge < -0.3 is 9.64 Å². The summed E-state index contributed by atoms with van der Waals surface area (Å²) in [6, 6.07) is 9.57. The molecule has 1 fully saturated rings. The first-order chi connectivity index (χ1) is 11.7. The summed E-state index contributed by atoms with van der Waals surface area (Å²) in [7, 11) is 0. The molecule has 2 aromatic rings. The summed E-state index contributed by atoms with van der Waals surface area (Å²) in [6.45, 7) is 2.87. The molecule has 1 aliphatic heterocycles. The highest BCUT2D eigenvalue weighted by Gasteiger charge is 2.33. The largest absolute Gasteiger partial charge is 0.372 e. The molecule has 2 heterocycles. The van der Waals surface area contributed by atoms with Crippen molar-refractivity contribution in [2.24, 2.45) is 0 Å². The van der Waals surface area contributed by atoms with Crippen molar-refractivity contribution >= 4 is 34.0 Å². The Morgan fingerprint density at radius 1 is 1.38 bits per heavy atom. The number of ether oxygens (including phenoxy) is 1. The SMILES string of the molecule is CCOCC(=O)Nc1nnc(C2CC(=O)N(c3ccccc3)C2)s1. The van der Waals surface area contributed by atoms with Gasteiger partial charge in [-0.1, -0.05) is 29.5 Å². The fraction of sp³-hybridized carbons (Fsp3) is 0.375. The number of benzene rings is 1. The first-order valence-corrected chi connectivity index (χ1v) is 8.55. The van der Waals surface area contributed by atoms with Crippen LogP contribution in [0.15, 0.2) is 30.3 Å². The first kappa shape index (κ1) is 16.5. The topological polar surface area (TPSA) is 84.4 Å². The first-order valence-electron chi connectivity index (χ1n) is 7.73. The van der Waals surface area contributed by atoms with Crippen molar-refractivity contribution in [2.45, 2.75) is 19.3 Å². The second kappa shape index (κ2) is 7.50. The number of para-hydroxylation sites is 1. The Kier molecular flexibility index (Phi) is 5.17. The van der Waals surface area contributed by atoms with Crippen LogP contribution in [0.25, 0.3) is 0 Å². The van der Waals surface area contributed by atoms with Gasteiger partial charge in [-0.05, 0) is 19.1 Å². The van der Waals surface area contributed by atoms with Crippen molar-refractivity contribution < 1.29 is 14.3 Å². The minimum absolute atomic E-state index is 0.00485. The Morgan fingerprint density at radius 2 is 2.17 bits per heavy atom. The fourth-order valence-electron chi connectivity index (χ4n) is 2.53. The van der Waals surface area contributed by atoms with E-state index < -0.39 is 0 Å². The summed E-state index contributed by atoms with van der Waals surface area (Å²) >= 11 is 1.30. The van der Waals surface area contributed by atoms with Gasteiger partial charge in [0.2, 0.25) is 11.0 Å². The summed E-state index contributed by atoms with van der Waals surface area (Å²) in [5.41, 5.74) is 0.889. The van der Waals surface area contributed by atoms with E-state index in [1.165, 1.54) is 11.3 Å². The second-order valence-electron chi connectivity index (χ2n) is 5.37. The summed E-state index contributed by atoms with van der Waals surface area (Å²) in [4.78, 5) is 25.7. The molecule has 0 spiro atoms. The predicted molar refractivity (Wildman–Crippen MR) is 91.2 cm³/mol. The van der Waals surface area contributed by atoms with Gasteiger partial charge >= 0.3 is 0 Å². The molecule has 24 heavy (non-hydrogen) atoms. The molecule has 1 N–H and O–H groups in total. The Balaban J connectivity index is 1.64. The lowest BCUT2D eigenvalue weighted by atomic mass is 10.1. The minimum Gasteiger partial charge on any atom is -0.372 e. The number of nitrogens with one attached hydrogen (secondary N) is 1. The Bertz CT molecular complexity index is 719. The third-order valence-corrected chi connectivity index (χ3v) is 4.67. The number of nitrogens with zero attached hydrogens (tertiary/aromatic N) is 3. The maximum atomic E-state index is 12.3. The standard InChI is InChI=1S/C16H18N4O3S/c1-2-23-10-13(21)17-16-19-18-15(24-16)11-8-14(22)20(9-11)12-6-4-3-5-7-12/h3-7,11H,2,8-10H2,1H3,(H,17,19,21). The highest BCUT2D eigenvalue weighted by atomic mass is 32.1. The summed E-state index contributed by atoms with van der Waals surface area (Å²) in [5.74, 6) is -0.191. The third kappa shape index (κ3) is 3.77. The minimum atomic E-state index is -0.257. The number of rotatable bonds is 6. The smallest absolute Gasteiger partial charge is 0.252 e. The van der Waals surface area contributed by atoms with E-state index in [0.717, 1.165) is 10.7 Å². The zero-order valence-electron chi connectivity index (χ0n) is 13.3. The molecule has 1 aromatic heterocycles. The van der Waals surface area contributed by atoms with Crippen LogP contribution in [0.1, 0.15) is 24.3 Å². The third-order valence-electron chi connectivity index (χ3n) is 3.67. The quantitative estimate of drug-likeness (QED) is 0.865. The molecule has 1 unspecified atom stereocenters. The molecule has 1 atom stereocenters. The molecule has 1 aromatic carbocycles. The zero-order valence-corrected chi connectivity index (χ0v) is 14.1. The van der Waals surface area contributed by atoms with Crippen molar-refractivity contribution in [1.82, 2.24) is 10.2 Å². The highest BCUT2D eigenvalue weighted by Crippen LogP contribution is 2.34. The second-order valence-corrected chi connectivity index (χ2v) is 6.38. The fourth-order valence-corrected chi connectivity index (χ4v) is 3.38. The zero-order chi connectivity index (χ0) is 16.9. The molecule has 8 heteroatoms. The molecule has 1 saturated heterocycles. The van der Waals surface area contributed by atoms with Crippen molar-refractivity contribution in [3.05, 3.63) is 35.3 Å². The van der Waals surface area contributed by atoms with Gasteiger partial charge in [0.1, 0.15) is 11.6 Å². The average molecular weight is 346 g/mol. The molecule has 7 nitrogen and oxygen atoms in total.